The number of ether oxygens (including phenoxy) is 1. The first kappa shape index (κ1) is 21.1. The van der Waals surface area contributed by atoms with Crippen LogP contribution in [0.25, 0.3) is 10.8 Å². The standard InChI is InChI=1S/C25H26N6O2/c1-33-22-10-9-18-6-2-3-7-19(18)20(22)17-30-13-11-23-28-29-24(31(23)15-14-30)16-27-25(32)21-8-4-5-12-26-21/h2-10,12H,11,13-17H2,1H3,(H,27,32). The van der Waals surface area contributed by atoms with Crippen molar-refractivity contribution < 1.29 is 9.53 Å². The molecule has 8 heteroatoms. The van der Waals surface area contributed by atoms with E-state index in [0.29, 0.717) is 12.2 Å². The molecule has 0 aliphatic carbocycles. The first-order valence-electron chi connectivity index (χ1n) is 11.1. The Kier molecular flexibility index (Phi) is 5.99. The van der Waals surface area contributed by atoms with Crippen molar-refractivity contribution in [3.8, 4) is 5.75 Å². The second-order valence-electron chi connectivity index (χ2n) is 8.08. The van der Waals surface area contributed by atoms with Crippen LogP contribution in [0.3, 0.4) is 0 Å². The van der Waals surface area contributed by atoms with Crippen molar-refractivity contribution in [2.75, 3.05) is 20.2 Å². The van der Waals surface area contributed by atoms with Gasteiger partial charge in [-0.1, -0.05) is 36.4 Å². The van der Waals surface area contributed by atoms with Crippen molar-refractivity contribution in [3.63, 3.8) is 0 Å². The molecular formula is C25H26N6O2. The zero-order valence-corrected chi connectivity index (χ0v) is 18.6. The average Bonchev–Trinajstić information content (AvgIpc) is 3.14. The summed E-state index contributed by atoms with van der Waals surface area (Å²) < 4.78 is 7.81. The molecule has 33 heavy (non-hydrogen) atoms. The summed E-state index contributed by atoms with van der Waals surface area (Å²) in [5, 5.41) is 14.0. The summed E-state index contributed by atoms with van der Waals surface area (Å²) in [4.78, 5) is 18.9. The van der Waals surface area contributed by atoms with E-state index in [4.69, 9.17) is 4.74 Å². The monoisotopic (exact) mass is 442 g/mol. The molecule has 1 aliphatic rings. The SMILES string of the molecule is COc1ccc2ccccc2c1CN1CCc2nnc(CNC(=O)c3ccccn3)n2CC1. The van der Waals surface area contributed by atoms with Gasteiger partial charge in [-0.2, -0.15) is 0 Å². The Bertz CT molecular complexity index is 1270. The average molecular weight is 443 g/mol. The lowest BCUT2D eigenvalue weighted by Gasteiger charge is -2.22. The van der Waals surface area contributed by atoms with E-state index < -0.39 is 0 Å². The highest BCUT2D eigenvalue weighted by Gasteiger charge is 2.21. The van der Waals surface area contributed by atoms with Gasteiger partial charge in [0.1, 0.15) is 17.3 Å². The molecule has 1 aliphatic heterocycles. The van der Waals surface area contributed by atoms with Crippen LogP contribution in [0.2, 0.25) is 0 Å². The fourth-order valence-corrected chi connectivity index (χ4v) is 4.36. The third kappa shape index (κ3) is 4.42. The van der Waals surface area contributed by atoms with Gasteiger partial charge in [0, 0.05) is 44.4 Å². The Morgan fingerprint density at radius 1 is 1.03 bits per heavy atom. The van der Waals surface area contributed by atoms with Gasteiger partial charge >= 0.3 is 0 Å². The second-order valence-corrected chi connectivity index (χ2v) is 8.08. The summed E-state index contributed by atoms with van der Waals surface area (Å²) in [6, 6.07) is 17.8. The van der Waals surface area contributed by atoms with Crippen molar-refractivity contribution in [2.24, 2.45) is 0 Å². The molecule has 168 valence electrons. The number of aromatic nitrogens is 4. The maximum absolute atomic E-state index is 12.3. The zero-order chi connectivity index (χ0) is 22.6. The second kappa shape index (κ2) is 9.38. The number of carbonyl (C=O) groups excluding carboxylic acids is 1. The van der Waals surface area contributed by atoms with E-state index in [1.807, 2.05) is 6.07 Å². The third-order valence-corrected chi connectivity index (χ3v) is 6.10. The molecule has 5 rings (SSSR count). The van der Waals surface area contributed by atoms with Crippen LogP contribution in [-0.2, 0) is 26.1 Å². The minimum absolute atomic E-state index is 0.216. The third-order valence-electron chi connectivity index (χ3n) is 6.10. The molecule has 2 aromatic heterocycles. The summed E-state index contributed by atoms with van der Waals surface area (Å²) >= 11 is 0. The number of amides is 1. The lowest BCUT2D eigenvalue weighted by atomic mass is 10.0. The van der Waals surface area contributed by atoms with Crippen LogP contribution in [0.4, 0.5) is 0 Å². The van der Waals surface area contributed by atoms with Gasteiger partial charge in [-0.25, -0.2) is 0 Å². The Labute approximate surface area is 192 Å². The maximum Gasteiger partial charge on any atom is 0.270 e. The van der Waals surface area contributed by atoms with Crippen LogP contribution < -0.4 is 10.1 Å². The molecule has 0 fully saturated rings. The molecule has 1 amide bonds. The molecule has 2 aromatic carbocycles. The number of hydrogen-bond donors (Lipinski definition) is 1. The largest absolute Gasteiger partial charge is 0.496 e. The Morgan fingerprint density at radius 2 is 1.91 bits per heavy atom. The van der Waals surface area contributed by atoms with E-state index in [1.54, 1.807) is 31.5 Å². The van der Waals surface area contributed by atoms with Gasteiger partial charge < -0.3 is 14.6 Å². The zero-order valence-electron chi connectivity index (χ0n) is 18.6. The molecule has 0 saturated heterocycles. The molecule has 0 spiro atoms. The number of benzene rings is 2. The van der Waals surface area contributed by atoms with Crippen LogP contribution in [-0.4, -0.2) is 50.8 Å². The quantitative estimate of drug-likeness (QED) is 0.494. The summed E-state index contributed by atoms with van der Waals surface area (Å²) in [6.45, 7) is 3.63. The highest BCUT2D eigenvalue weighted by atomic mass is 16.5. The highest BCUT2D eigenvalue weighted by molar-refractivity contribution is 5.92. The number of hydrogen-bond acceptors (Lipinski definition) is 6. The van der Waals surface area contributed by atoms with Crippen molar-refractivity contribution in [3.05, 3.63) is 83.7 Å². The molecule has 0 saturated carbocycles. The van der Waals surface area contributed by atoms with E-state index in [2.05, 4.69) is 60.3 Å². The van der Waals surface area contributed by atoms with E-state index in [1.165, 1.54) is 16.3 Å². The summed E-state index contributed by atoms with van der Waals surface area (Å²) in [5.41, 5.74) is 1.60. The van der Waals surface area contributed by atoms with Crippen LogP contribution in [0.15, 0.2) is 60.8 Å². The predicted octanol–water partition coefficient (Wildman–Crippen LogP) is 2.82. The predicted molar refractivity (Wildman–Crippen MR) is 125 cm³/mol. The first-order chi connectivity index (χ1) is 16.2. The van der Waals surface area contributed by atoms with Gasteiger partial charge in [0.05, 0.1) is 13.7 Å². The summed E-state index contributed by atoms with van der Waals surface area (Å²) in [6.07, 6.45) is 2.41. The van der Waals surface area contributed by atoms with Crippen molar-refractivity contribution in [2.45, 2.75) is 26.1 Å². The van der Waals surface area contributed by atoms with Crippen LogP contribution in [0.5, 0.6) is 5.75 Å². The molecule has 1 N–H and O–H groups in total. The summed E-state index contributed by atoms with van der Waals surface area (Å²) in [7, 11) is 1.73. The minimum atomic E-state index is -0.216. The van der Waals surface area contributed by atoms with Gasteiger partial charge in [0.25, 0.3) is 5.91 Å². The van der Waals surface area contributed by atoms with Gasteiger partial charge in [0.15, 0.2) is 5.82 Å². The number of fused-ring (bicyclic) bond motifs is 2. The van der Waals surface area contributed by atoms with Crippen molar-refractivity contribution in [1.82, 2.24) is 30.0 Å². The lowest BCUT2D eigenvalue weighted by molar-refractivity contribution is 0.0944. The number of methoxy groups -OCH3 is 1. The first-order valence-corrected chi connectivity index (χ1v) is 11.1. The van der Waals surface area contributed by atoms with Gasteiger partial charge in [-0.3, -0.25) is 14.7 Å². The highest BCUT2D eigenvalue weighted by Crippen LogP contribution is 2.29. The molecule has 0 radical (unpaired) electrons. The van der Waals surface area contributed by atoms with E-state index >= 15 is 0 Å². The summed E-state index contributed by atoms with van der Waals surface area (Å²) in [5.74, 6) is 2.41. The van der Waals surface area contributed by atoms with E-state index in [-0.39, 0.29) is 5.91 Å². The molecule has 4 aromatic rings. The Balaban J connectivity index is 1.28. The molecule has 0 atom stereocenters. The number of pyridine rings is 1. The van der Waals surface area contributed by atoms with E-state index in [9.17, 15) is 4.79 Å². The molecule has 0 unspecified atom stereocenters. The smallest absolute Gasteiger partial charge is 0.270 e. The van der Waals surface area contributed by atoms with Crippen LogP contribution in [0.1, 0.15) is 27.7 Å². The topological polar surface area (TPSA) is 85.2 Å². The minimum Gasteiger partial charge on any atom is -0.496 e. The van der Waals surface area contributed by atoms with E-state index in [0.717, 1.165) is 50.0 Å². The molecular weight excluding hydrogens is 416 g/mol. The molecule has 3 heterocycles. The number of nitrogens with zero attached hydrogens (tertiary/aromatic N) is 5. The van der Waals surface area contributed by atoms with Crippen LogP contribution >= 0.6 is 0 Å². The Hall–Kier alpha value is -3.78. The lowest BCUT2D eigenvalue weighted by Crippen LogP contribution is -2.28. The molecule has 8 nitrogen and oxygen atoms in total. The van der Waals surface area contributed by atoms with Crippen molar-refractivity contribution >= 4 is 16.7 Å². The van der Waals surface area contributed by atoms with Crippen molar-refractivity contribution in [1.29, 1.82) is 0 Å². The number of rotatable bonds is 6. The maximum atomic E-state index is 12.3. The normalized spacial score (nSPS) is 14.0. The number of carbonyl (C=O) groups is 1. The Morgan fingerprint density at radius 3 is 2.76 bits per heavy atom. The van der Waals surface area contributed by atoms with Gasteiger partial charge in [-0.15, -0.1) is 10.2 Å². The fraction of sp³-hybridized carbons (Fsp3) is 0.280. The fourth-order valence-electron chi connectivity index (χ4n) is 4.36. The molecule has 0 bridgehead atoms. The number of nitrogens with one attached hydrogen (secondary N) is 1. The van der Waals surface area contributed by atoms with Gasteiger partial charge in [-0.05, 0) is 29.0 Å². The van der Waals surface area contributed by atoms with Crippen LogP contribution in [0, 0.1) is 0 Å². The van der Waals surface area contributed by atoms with Gasteiger partial charge in [0.2, 0.25) is 0 Å².